The van der Waals surface area contributed by atoms with Gasteiger partial charge in [0.2, 0.25) is 0 Å². The molecule has 1 aromatic carbocycles. The van der Waals surface area contributed by atoms with Crippen molar-refractivity contribution in [2.24, 2.45) is 5.92 Å². The molecule has 0 bridgehead atoms. The number of Topliss-reactive ketones (excluding diaryl/α,β-unsaturated/α-hetero) is 1. The summed E-state index contributed by atoms with van der Waals surface area (Å²) < 4.78 is 0. The molecule has 3 rings (SSSR count). The molecule has 1 heterocycles. The minimum atomic E-state index is -0.630. The van der Waals surface area contributed by atoms with Gasteiger partial charge < -0.3 is 4.84 Å². The molecule has 1 saturated heterocycles. The molecule has 0 radical (unpaired) electrons. The third kappa shape index (κ3) is 3.60. The molecule has 0 amide bonds. The van der Waals surface area contributed by atoms with Crippen LogP contribution in [0.3, 0.4) is 0 Å². The second-order valence-electron chi connectivity index (χ2n) is 7.44. The summed E-state index contributed by atoms with van der Waals surface area (Å²) in [7, 11) is 1.69. The van der Waals surface area contributed by atoms with E-state index < -0.39 is 5.92 Å². The SMILES string of the molecule is CON1CCC(CC2=CC(=O)C(c3c(C)cc(C)cc3C)C2=O)CC1. The van der Waals surface area contributed by atoms with Crippen molar-refractivity contribution >= 4 is 11.6 Å². The summed E-state index contributed by atoms with van der Waals surface area (Å²) in [5, 5.41) is 1.95. The van der Waals surface area contributed by atoms with Crippen LogP contribution >= 0.6 is 0 Å². The number of rotatable bonds is 4. The molecule has 1 aliphatic carbocycles. The molecule has 134 valence electrons. The van der Waals surface area contributed by atoms with Crippen LogP contribution in [0.4, 0.5) is 0 Å². The first kappa shape index (κ1) is 18.0. The highest BCUT2D eigenvalue weighted by molar-refractivity contribution is 6.25. The summed E-state index contributed by atoms with van der Waals surface area (Å²) in [5.41, 5.74) is 4.85. The van der Waals surface area contributed by atoms with Crippen molar-refractivity contribution in [1.29, 1.82) is 0 Å². The van der Waals surface area contributed by atoms with Gasteiger partial charge in [-0.15, -0.1) is 0 Å². The predicted molar refractivity (Wildman–Crippen MR) is 97.4 cm³/mol. The quantitative estimate of drug-likeness (QED) is 0.787. The Labute approximate surface area is 149 Å². The molecule has 0 saturated carbocycles. The van der Waals surface area contributed by atoms with E-state index in [1.807, 2.05) is 25.8 Å². The Morgan fingerprint density at radius 2 is 1.68 bits per heavy atom. The highest BCUT2D eigenvalue weighted by atomic mass is 16.7. The molecule has 2 aliphatic rings. The van der Waals surface area contributed by atoms with Crippen LogP contribution in [0.15, 0.2) is 23.8 Å². The maximum absolute atomic E-state index is 13.0. The zero-order chi connectivity index (χ0) is 18.1. The molecule has 0 aromatic heterocycles. The van der Waals surface area contributed by atoms with Crippen molar-refractivity contribution in [1.82, 2.24) is 5.06 Å². The third-order valence-electron chi connectivity index (χ3n) is 5.55. The number of hydroxylamine groups is 2. The lowest BCUT2D eigenvalue weighted by Gasteiger charge is -2.30. The van der Waals surface area contributed by atoms with Gasteiger partial charge in [-0.3, -0.25) is 9.59 Å². The molecule has 1 aromatic rings. The standard InChI is InChI=1S/C21H27NO3/c1-13-9-14(2)19(15(3)10-13)20-18(23)12-17(21(20)24)11-16-5-7-22(25-4)8-6-16/h9-10,12,16,20H,5-8,11H2,1-4H3. The fourth-order valence-corrected chi connectivity index (χ4v) is 4.33. The first-order valence-electron chi connectivity index (χ1n) is 9.06. The van der Waals surface area contributed by atoms with Gasteiger partial charge in [0, 0.05) is 18.7 Å². The number of benzene rings is 1. The Morgan fingerprint density at radius 3 is 2.24 bits per heavy atom. The van der Waals surface area contributed by atoms with Crippen molar-refractivity contribution in [2.75, 3.05) is 20.2 Å². The van der Waals surface area contributed by atoms with Gasteiger partial charge in [-0.25, -0.2) is 0 Å². The maximum Gasteiger partial charge on any atom is 0.174 e. The summed E-state index contributed by atoms with van der Waals surface area (Å²) in [6.45, 7) is 7.80. The number of carbonyl (C=O) groups excluding carboxylic acids is 2. The van der Waals surface area contributed by atoms with Crippen LogP contribution in [0.5, 0.6) is 0 Å². The fourth-order valence-electron chi connectivity index (χ4n) is 4.33. The Bertz CT molecular complexity index is 704. The lowest BCUT2D eigenvalue weighted by Crippen LogP contribution is -2.33. The van der Waals surface area contributed by atoms with Gasteiger partial charge in [-0.05, 0) is 68.7 Å². The second kappa shape index (κ2) is 7.22. The average molecular weight is 341 g/mol. The second-order valence-corrected chi connectivity index (χ2v) is 7.44. The summed E-state index contributed by atoms with van der Waals surface area (Å²) >= 11 is 0. The van der Waals surface area contributed by atoms with Crippen LogP contribution in [0.1, 0.15) is 47.4 Å². The van der Waals surface area contributed by atoms with Crippen molar-refractivity contribution in [3.05, 3.63) is 46.0 Å². The summed E-state index contributed by atoms with van der Waals surface area (Å²) in [6, 6.07) is 4.11. The summed E-state index contributed by atoms with van der Waals surface area (Å²) in [4.78, 5) is 30.8. The van der Waals surface area contributed by atoms with Gasteiger partial charge in [0.05, 0.1) is 7.11 Å². The largest absolute Gasteiger partial charge is 0.302 e. The molecular weight excluding hydrogens is 314 g/mol. The summed E-state index contributed by atoms with van der Waals surface area (Å²) in [5.74, 6) is -0.221. The summed E-state index contributed by atoms with van der Waals surface area (Å²) in [6.07, 6.45) is 4.32. The van der Waals surface area contributed by atoms with Crippen molar-refractivity contribution in [3.8, 4) is 0 Å². The van der Waals surface area contributed by atoms with Gasteiger partial charge in [-0.2, -0.15) is 5.06 Å². The van der Waals surface area contributed by atoms with E-state index >= 15 is 0 Å². The number of carbonyl (C=O) groups is 2. The molecule has 1 unspecified atom stereocenters. The first-order valence-corrected chi connectivity index (χ1v) is 9.06. The van der Waals surface area contributed by atoms with E-state index in [-0.39, 0.29) is 11.6 Å². The molecule has 1 aliphatic heterocycles. The number of hydrogen-bond donors (Lipinski definition) is 0. The van der Waals surface area contributed by atoms with Crippen LogP contribution in [-0.4, -0.2) is 36.8 Å². The van der Waals surface area contributed by atoms with Crippen LogP contribution in [0, 0.1) is 26.7 Å². The Morgan fingerprint density at radius 1 is 1.08 bits per heavy atom. The molecular formula is C21H27NO3. The molecule has 4 nitrogen and oxygen atoms in total. The topological polar surface area (TPSA) is 46.6 Å². The highest BCUT2D eigenvalue weighted by Crippen LogP contribution is 2.36. The zero-order valence-corrected chi connectivity index (χ0v) is 15.6. The van der Waals surface area contributed by atoms with E-state index in [4.69, 9.17) is 4.84 Å². The Hall–Kier alpha value is -1.78. The fraction of sp³-hybridized carbons (Fsp3) is 0.524. The van der Waals surface area contributed by atoms with Gasteiger partial charge >= 0.3 is 0 Å². The minimum absolute atomic E-state index is 0.00854. The van der Waals surface area contributed by atoms with E-state index in [2.05, 4.69) is 12.1 Å². The lowest BCUT2D eigenvalue weighted by molar-refractivity contribution is -0.147. The number of aryl methyl sites for hydroxylation is 3. The number of nitrogens with zero attached hydrogens (tertiary/aromatic N) is 1. The van der Waals surface area contributed by atoms with Gasteiger partial charge in [0.15, 0.2) is 11.6 Å². The van der Waals surface area contributed by atoms with E-state index in [0.717, 1.165) is 48.2 Å². The normalized spacial score (nSPS) is 22.6. The number of allylic oxidation sites excluding steroid dienone is 2. The van der Waals surface area contributed by atoms with Crippen LogP contribution < -0.4 is 0 Å². The molecule has 0 N–H and O–H groups in total. The van der Waals surface area contributed by atoms with Crippen molar-refractivity contribution in [3.63, 3.8) is 0 Å². The monoisotopic (exact) mass is 341 g/mol. The van der Waals surface area contributed by atoms with Crippen LogP contribution in [0.2, 0.25) is 0 Å². The molecule has 1 fully saturated rings. The zero-order valence-electron chi connectivity index (χ0n) is 15.6. The molecule has 4 heteroatoms. The number of ketones is 2. The molecule has 25 heavy (non-hydrogen) atoms. The van der Waals surface area contributed by atoms with Crippen molar-refractivity contribution in [2.45, 2.75) is 46.0 Å². The minimum Gasteiger partial charge on any atom is -0.302 e. The Kier molecular flexibility index (Phi) is 5.21. The van der Waals surface area contributed by atoms with Crippen LogP contribution in [-0.2, 0) is 14.4 Å². The van der Waals surface area contributed by atoms with Crippen molar-refractivity contribution < 1.29 is 14.4 Å². The smallest absolute Gasteiger partial charge is 0.174 e. The maximum atomic E-state index is 13.0. The van der Waals surface area contributed by atoms with Crippen LogP contribution in [0.25, 0.3) is 0 Å². The van der Waals surface area contributed by atoms with E-state index in [1.165, 1.54) is 0 Å². The van der Waals surface area contributed by atoms with E-state index in [9.17, 15) is 9.59 Å². The van der Waals surface area contributed by atoms with E-state index in [0.29, 0.717) is 17.9 Å². The third-order valence-corrected chi connectivity index (χ3v) is 5.55. The molecule has 0 spiro atoms. The van der Waals surface area contributed by atoms with Gasteiger partial charge in [-0.1, -0.05) is 17.7 Å². The predicted octanol–water partition coefficient (Wildman–Crippen LogP) is 3.44. The first-order chi connectivity index (χ1) is 11.9. The lowest BCUT2D eigenvalue weighted by atomic mass is 9.84. The van der Waals surface area contributed by atoms with E-state index in [1.54, 1.807) is 13.2 Å². The number of hydrogen-bond acceptors (Lipinski definition) is 4. The molecule has 1 atom stereocenters. The number of piperidine rings is 1. The average Bonchev–Trinajstić information content (AvgIpc) is 2.82. The Balaban J connectivity index is 1.75. The van der Waals surface area contributed by atoms with Gasteiger partial charge in [0.1, 0.15) is 5.92 Å². The van der Waals surface area contributed by atoms with Gasteiger partial charge in [0.25, 0.3) is 0 Å². The highest BCUT2D eigenvalue weighted by Gasteiger charge is 2.38.